The summed E-state index contributed by atoms with van der Waals surface area (Å²) in [4.78, 5) is 16.0. The first-order chi connectivity index (χ1) is 9.39. The number of aliphatic carboxylic acids is 1. The SMILES string of the molecule is CN1CCN(Cc2ccc(C(C)(C)C(=O)O)cc2)CC1. The summed E-state index contributed by atoms with van der Waals surface area (Å²) >= 11 is 0. The lowest BCUT2D eigenvalue weighted by Gasteiger charge is -2.32. The largest absolute Gasteiger partial charge is 0.481 e. The average Bonchev–Trinajstić information content (AvgIpc) is 2.42. The van der Waals surface area contributed by atoms with Gasteiger partial charge in [0.2, 0.25) is 0 Å². The zero-order chi connectivity index (χ0) is 14.8. The van der Waals surface area contributed by atoms with Crippen LogP contribution in [0.15, 0.2) is 24.3 Å². The number of hydrogen-bond donors (Lipinski definition) is 1. The maximum atomic E-state index is 11.2. The molecular formula is C16H24N2O2. The molecule has 2 rings (SSSR count). The lowest BCUT2D eigenvalue weighted by Crippen LogP contribution is -2.43. The van der Waals surface area contributed by atoms with Crippen LogP contribution < -0.4 is 0 Å². The lowest BCUT2D eigenvalue weighted by atomic mass is 9.84. The molecule has 0 unspecified atom stereocenters. The fraction of sp³-hybridized carbons (Fsp3) is 0.562. The van der Waals surface area contributed by atoms with Crippen LogP contribution in [0.3, 0.4) is 0 Å². The molecule has 0 spiro atoms. The predicted octanol–water partition coefficient (Wildman–Crippen LogP) is 1.80. The fourth-order valence-corrected chi connectivity index (χ4v) is 2.41. The number of carboxylic acids is 1. The van der Waals surface area contributed by atoms with Crippen LogP contribution in [0.5, 0.6) is 0 Å². The molecule has 0 aliphatic carbocycles. The van der Waals surface area contributed by atoms with Gasteiger partial charge in [-0.3, -0.25) is 9.69 Å². The minimum atomic E-state index is -0.827. The monoisotopic (exact) mass is 276 g/mol. The summed E-state index contributed by atoms with van der Waals surface area (Å²) in [5.74, 6) is -0.788. The molecule has 1 saturated heterocycles. The van der Waals surface area contributed by atoms with Crippen molar-refractivity contribution in [2.24, 2.45) is 0 Å². The summed E-state index contributed by atoms with van der Waals surface area (Å²) in [6.07, 6.45) is 0. The maximum Gasteiger partial charge on any atom is 0.313 e. The number of nitrogens with zero attached hydrogens (tertiary/aromatic N) is 2. The van der Waals surface area contributed by atoms with Gasteiger partial charge in [0.25, 0.3) is 0 Å². The van der Waals surface area contributed by atoms with Crippen molar-refractivity contribution in [2.45, 2.75) is 25.8 Å². The van der Waals surface area contributed by atoms with Gasteiger partial charge >= 0.3 is 5.97 Å². The number of carbonyl (C=O) groups is 1. The molecule has 1 fully saturated rings. The smallest absolute Gasteiger partial charge is 0.313 e. The second-order valence-electron chi connectivity index (χ2n) is 6.21. The van der Waals surface area contributed by atoms with E-state index in [9.17, 15) is 9.90 Å². The molecule has 1 aliphatic rings. The molecule has 0 aromatic heterocycles. The van der Waals surface area contributed by atoms with Crippen molar-refractivity contribution in [1.82, 2.24) is 9.80 Å². The Hall–Kier alpha value is -1.39. The summed E-state index contributed by atoms with van der Waals surface area (Å²) in [5, 5.41) is 9.24. The summed E-state index contributed by atoms with van der Waals surface area (Å²) in [5.41, 5.74) is 1.28. The Morgan fingerprint density at radius 1 is 1.15 bits per heavy atom. The van der Waals surface area contributed by atoms with E-state index in [1.165, 1.54) is 5.56 Å². The molecule has 1 aromatic carbocycles. The Bertz CT molecular complexity index is 460. The first-order valence-electron chi connectivity index (χ1n) is 7.13. The van der Waals surface area contributed by atoms with Crippen LogP contribution in [0.2, 0.25) is 0 Å². The highest BCUT2D eigenvalue weighted by atomic mass is 16.4. The van der Waals surface area contributed by atoms with E-state index < -0.39 is 11.4 Å². The van der Waals surface area contributed by atoms with Crippen LogP contribution in [0.4, 0.5) is 0 Å². The van der Waals surface area contributed by atoms with Crippen LogP contribution in [-0.2, 0) is 16.8 Å². The van der Waals surface area contributed by atoms with Gasteiger partial charge in [-0.25, -0.2) is 0 Å². The topological polar surface area (TPSA) is 43.8 Å². The third kappa shape index (κ3) is 3.38. The molecule has 0 bridgehead atoms. The van der Waals surface area contributed by atoms with E-state index in [-0.39, 0.29) is 0 Å². The van der Waals surface area contributed by atoms with E-state index in [1.807, 2.05) is 12.1 Å². The molecule has 0 radical (unpaired) electrons. The van der Waals surface area contributed by atoms with E-state index in [0.29, 0.717) is 0 Å². The normalized spacial score (nSPS) is 18.1. The number of likely N-dealkylation sites (N-methyl/N-ethyl adjacent to an activating group) is 1. The van der Waals surface area contributed by atoms with Crippen molar-refractivity contribution in [2.75, 3.05) is 33.2 Å². The van der Waals surface area contributed by atoms with Gasteiger partial charge in [0.05, 0.1) is 5.41 Å². The summed E-state index contributed by atoms with van der Waals surface area (Å²) in [7, 11) is 2.15. The van der Waals surface area contributed by atoms with Crippen LogP contribution in [-0.4, -0.2) is 54.1 Å². The lowest BCUT2D eigenvalue weighted by molar-refractivity contribution is -0.142. The third-order valence-electron chi connectivity index (χ3n) is 4.21. The number of carboxylic acid groups (broad SMARTS) is 1. The molecule has 4 heteroatoms. The first-order valence-corrected chi connectivity index (χ1v) is 7.13. The molecule has 110 valence electrons. The summed E-state index contributed by atoms with van der Waals surface area (Å²) in [6.45, 7) is 8.85. The molecule has 0 saturated carbocycles. The van der Waals surface area contributed by atoms with Crippen LogP contribution in [0, 0.1) is 0 Å². The highest BCUT2D eigenvalue weighted by Crippen LogP contribution is 2.24. The van der Waals surface area contributed by atoms with E-state index in [2.05, 4.69) is 29.0 Å². The zero-order valence-electron chi connectivity index (χ0n) is 12.6. The van der Waals surface area contributed by atoms with Gasteiger partial charge in [0.15, 0.2) is 0 Å². The molecule has 0 atom stereocenters. The summed E-state index contributed by atoms with van der Waals surface area (Å²) in [6, 6.07) is 8.00. The molecule has 1 aromatic rings. The van der Waals surface area contributed by atoms with Gasteiger partial charge in [-0.05, 0) is 32.0 Å². The minimum Gasteiger partial charge on any atom is -0.481 e. The van der Waals surface area contributed by atoms with Crippen molar-refractivity contribution < 1.29 is 9.90 Å². The van der Waals surface area contributed by atoms with Crippen molar-refractivity contribution in [3.8, 4) is 0 Å². The predicted molar refractivity (Wildman–Crippen MR) is 79.9 cm³/mol. The Kier molecular flexibility index (Phi) is 4.45. The van der Waals surface area contributed by atoms with E-state index >= 15 is 0 Å². The highest BCUT2D eigenvalue weighted by Gasteiger charge is 2.29. The first kappa shape index (κ1) is 15.0. The Morgan fingerprint density at radius 3 is 2.20 bits per heavy atom. The van der Waals surface area contributed by atoms with Gasteiger partial charge in [0, 0.05) is 32.7 Å². The second kappa shape index (κ2) is 5.94. The van der Waals surface area contributed by atoms with Crippen molar-refractivity contribution in [3.05, 3.63) is 35.4 Å². The number of benzene rings is 1. The highest BCUT2D eigenvalue weighted by molar-refractivity contribution is 5.80. The van der Waals surface area contributed by atoms with Crippen molar-refractivity contribution in [3.63, 3.8) is 0 Å². The minimum absolute atomic E-state index is 0.788. The standard InChI is InChI=1S/C16H24N2O2/c1-16(2,15(19)20)14-6-4-13(5-7-14)12-18-10-8-17(3)9-11-18/h4-7H,8-12H2,1-3H3,(H,19,20). The quantitative estimate of drug-likeness (QED) is 0.910. The van der Waals surface area contributed by atoms with Crippen molar-refractivity contribution in [1.29, 1.82) is 0 Å². The van der Waals surface area contributed by atoms with Crippen LogP contribution >= 0.6 is 0 Å². The van der Waals surface area contributed by atoms with E-state index in [4.69, 9.17) is 0 Å². The molecule has 4 nitrogen and oxygen atoms in total. The second-order valence-corrected chi connectivity index (χ2v) is 6.21. The Balaban J connectivity index is 2.00. The number of piperazine rings is 1. The zero-order valence-corrected chi connectivity index (χ0v) is 12.6. The fourth-order valence-electron chi connectivity index (χ4n) is 2.41. The van der Waals surface area contributed by atoms with Gasteiger partial charge < -0.3 is 10.0 Å². The van der Waals surface area contributed by atoms with Gasteiger partial charge in [0.1, 0.15) is 0 Å². The van der Waals surface area contributed by atoms with Gasteiger partial charge in [-0.1, -0.05) is 24.3 Å². The Labute approximate surface area is 121 Å². The molecule has 1 N–H and O–H groups in total. The average molecular weight is 276 g/mol. The molecule has 20 heavy (non-hydrogen) atoms. The Morgan fingerprint density at radius 2 is 1.70 bits per heavy atom. The third-order valence-corrected chi connectivity index (χ3v) is 4.21. The van der Waals surface area contributed by atoms with Crippen LogP contribution in [0.25, 0.3) is 0 Å². The van der Waals surface area contributed by atoms with Crippen LogP contribution in [0.1, 0.15) is 25.0 Å². The molecule has 1 heterocycles. The van der Waals surface area contributed by atoms with Gasteiger partial charge in [-0.15, -0.1) is 0 Å². The van der Waals surface area contributed by atoms with E-state index in [0.717, 1.165) is 38.3 Å². The summed E-state index contributed by atoms with van der Waals surface area (Å²) < 4.78 is 0. The molecule has 1 aliphatic heterocycles. The number of hydrogen-bond acceptors (Lipinski definition) is 3. The van der Waals surface area contributed by atoms with Crippen molar-refractivity contribution >= 4 is 5.97 Å². The van der Waals surface area contributed by atoms with Gasteiger partial charge in [-0.2, -0.15) is 0 Å². The number of rotatable bonds is 4. The molecule has 0 amide bonds. The maximum absolute atomic E-state index is 11.2. The molecular weight excluding hydrogens is 252 g/mol. The van der Waals surface area contributed by atoms with E-state index in [1.54, 1.807) is 13.8 Å².